The Hall–Kier alpha value is -3.16. The van der Waals surface area contributed by atoms with Gasteiger partial charge in [0, 0.05) is 12.5 Å². The van der Waals surface area contributed by atoms with E-state index in [1.165, 1.54) is 39.5 Å². The van der Waals surface area contributed by atoms with Crippen LogP contribution >= 0.6 is 0 Å². The van der Waals surface area contributed by atoms with Crippen LogP contribution < -0.4 is 0 Å². The van der Waals surface area contributed by atoms with Crippen molar-refractivity contribution in [3.05, 3.63) is 47.5 Å². The van der Waals surface area contributed by atoms with Crippen molar-refractivity contribution in [2.75, 3.05) is 0 Å². The number of ether oxygens (including phenoxy) is 1. The van der Waals surface area contributed by atoms with Crippen LogP contribution in [0, 0.1) is 11.6 Å². The fourth-order valence-electron chi connectivity index (χ4n) is 4.30. The molecule has 0 aliphatic carbocycles. The standard InChI is InChI=1S/C21H23F2N3O.C6H14.C5H10O2/c1-4-6-15(7-5-2)26-21-9-8-14(10-20(21)24-25-26)17-12-18(22)16(13(3)27)11-19(17)23;1-3-5-6-4-2;1-4(2)7-5(3)6/h8-12,15H,4-7H2,1-3H3;3-6H2,1-2H3;4H,1-3H3. The first-order valence-corrected chi connectivity index (χ1v) is 14.5. The van der Waals surface area contributed by atoms with Crippen molar-refractivity contribution in [2.24, 2.45) is 0 Å². The molecule has 1 heterocycles. The summed E-state index contributed by atoms with van der Waals surface area (Å²) in [6.07, 6.45) is 9.70. The molecule has 222 valence electrons. The lowest BCUT2D eigenvalue weighted by molar-refractivity contribution is -0.144. The number of hydrogen-bond donors (Lipinski definition) is 0. The second-order valence-corrected chi connectivity index (χ2v) is 10.2. The van der Waals surface area contributed by atoms with Crippen molar-refractivity contribution in [1.82, 2.24) is 15.0 Å². The first-order chi connectivity index (χ1) is 19.0. The topological polar surface area (TPSA) is 74.1 Å². The highest BCUT2D eigenvalue weighted by molar-refractivity contribution is 5.95. The minimum Gasteiger partial charge on any atom is -0.463 e. The zero-order chi connectivity index (χ0) is 30.2. The molecule has 0 saturated heterocycles. The van der Waals surface area contributed by atoms with E-state index >= 15 is 0 Å². The monoisotopic (exact) mass is 559 g/mol. The van der Waals surface area contributed by atoms with Gasteiger partial charge in [0.2, 0.25) is 0 Å². The summed E-state index contributed by atoms with van der Waals surface area (Å²) in [5, 5.41) is 8.53. The van der Waals surface area contributed by atoms with E-state index in [0.29, 0.717) is 11.1 Å². The Morgan fingerprint density at radius 2 is 1.48 bits per heavy atom. The summed E-state index contributed by atoms with van der Waals surface area (Å²) in [6.45, 7) is 15.0. The van der Waals surface area contributed by atoms with Crippen LogP contribution in [-0.2, 0) is 9.53 Å². The van der Waals surface area contributed by atoms with Crippen LogP contribution in [0.15, 0.2) is 30.3 Å². The van der Waals surface area contributed by atoms with Crippen LogP contribution in [0.25, 0.3) is 22.2 Å². The highest BCUT2D eigenvalue weighted by atomic mass is 19.1. The molecule has 0 fully saturated rings. The van der Waals surface area contributed by atoms with E-state index in [-0.39, 0.29) is 29.2 Å². The number of esters is 1. The van der Waals surface area contributed by atoms with Crippen LogP contribution in [0.5, 0.6) is 0 Å². The molecule has 40 heavy (non-hydrogen) atoms. The van der Waals surface area contributed by atoms with E-state index in [9.17, 15) is 18.4 Å². The molecule has 2 aromatic carbocycles. The summed E-state index contributed by atoms with van der Waals surface area (Å²) in [4.78, 5) is 21.4. The average molecular weight is 560 g/mol. The van der Waals surface area contributed by atoms with Crippen molar-refractivity contribution in [3.8, 4) is 11.1 Å². The summed E-state index contributed by atoms with van der Waals surface area (Å²) in [5.74, 6) is -2.08. The Balaban J connectivity index is 0.000000512. The third-order valence-electron chi connectivity index (χ3n) is 6.17. The van der Waals surface area contributed by atoms with Gasteiger partial charge in [0.05, 0.1) is 23.2 Å². The Morgan fingerprint density at radius 1 is 0.875 bits per heavy atom. The van der Waals surface area contributed by atoms with Gasteiger partial charge >= 0.3 is 5.97 Å². The molecule has 0 atom stereocenters. The predicted octanol–water partition coefficient (Wildman–Crippen LogP) is 9.26. The molecule has 3 rings (SSSR count). The maximum Gasteiger partial charge on any atom is 0.302 e. The molecule has 0 saturated carbocycles. The number of carbonyl (C=O) groups is 2. The molecule has 3 aromatic rings. The largest absolute Gasteiger partial charge is 0.463 e. The minimum atomic E-state index is -0.728. The summed E-state index contributed by atoms with van der Waals surface area (Å²) in [7, 11) is 0. The molecule has 6 nitrogen and oxygen atoms in total. The number of nitrogens with zero attached hydrogens (tertiary/aromatic N) is 3. The van der Waals surface area contributed by atoms with Gasteiger partial charge in [0.1, 0.15) is 17.2 Å². The third-order valence-corrected chi connectivity index (χ3v) is 6.17. The molecule has 0 radical (unpaired) electrons. The molecule has 0 spiro atoms. The number of ketones is 1. The first kappa shape index (κ1) is 34.9. The molecule has 1 aromatic heterocycles. The van der Waals surface area contributed by atoms with Crippen LogP contribution in [0.2, 0.25) is 0 Å². The predicted molar refractivity (Wildman–Crippen MR) is 158 cm³/mol. The fraction of sp³-hybridized carbons (Fsp3) is 0.562. The number of fused-ring (bicyclic) bond motifs is 1. The fourth-order valence-corrected chi connectivity index (χ4v) is 4.30. The molecule has 0 bridgehead atoms. The molecular formula is C32H47F2N3O3. The maximum absolute atomic E-state index is 14.5. The molecule has 0 N–H and O–H groups in total. The van der Waals surface area contributed by atoms with Crippen molar-refractivity contribution >= 4 is 22.8 Å². The SMILES string of the molecule is CC(=O)OC(C)C.CCCC(CCC)n1nnc2cc(-c3cc(F)c(C(C)=O)cc3F)ccc21.CCCCCC. The minimum absolute atomic E-state index is 0.0255. The number of hydrogen-bond acceptors (Lipinski definition) is 5. The molecule has 8 heteroatoms. The van der Waals surface area contributed by atoms with Crippen molar-refractivity contribution in [3.63, 3.8) is 0 Å². The van der Waals surface area contributed by atoms with Gasteiger partial charge in [0.25, 0.3) is 0 Å². The van der Waals surface area contributed by atoms with E-state index in [2.05, 4.69) is 42.7 Å². The van der Waals surface area contributed by atoms with Gasteiger partial charge in [-0.2, -0.15) is 0 Å². The number of unbranched alkanes of at least 4 members (excludes halogenated alkanes) is 3. The molecule has 0 aliphatic rings. The summed E-state index contributed by atoms with van der Waals surface area (Å²) < 4.78 is 35.1. The van der Waals surface area contributed by atoms with E-state index in [4.69, 9.17) is 0 Å². The number of aromatic nitrogens is 3. The van der Waals surface area contributed by atoms with Gasteiger partial charge in [-0.05, 0) is 63.4 Å². The van der Waals surface area contributed by atoms with E-state index in [1.807, 2.05) is 24.6 Å². The van der Waals surface area contributed by atoms with Gasteiger partial charge in [-0.1, -0.05) is 77.5 Å². The van der Waals surface area contributed by atoms with Gasteiger partial charge in [-0.15, -0.1) is 5.10 Å². The van der Waals surface area contributed by atoms with Crippen LogP contribution in [0.1, 0.15) is 123 Å². The van der Waals surface area contributed by atoms with Crippen molar-refractivity contribution in [2.45, 2.75) is 119 Å². The lowest BCUT2D eigenvalue weighted by atomic mass is 10.0. The van der Waals surface area contributed by atoms with Crippen LogP contribution in [0.4, 0.5) is 8.78 Å². The molecule has 0 amide bonds. The van der Waals surface area contributed by atoms with Gasteiger partial charge in [0.15, 0.2) is 5.78 Å². The zero-order valence-corrected chi connectivity index (χ0v) is 25.5. The Morgan fingerprint density at radius 3 is 1.93 bits per heavy atom. The smallest absolute Gasteiger partial charge is 0.302 e. The van der Waals surface area contributed by atoms with E-state index in [0.717, 1.165) is 43.3 Å². The third kappa shape index (κ3) is 11.1. The van der Waals surface area contributed by atoms with E-state index in [1.54, 1.807) is 12.1 Å². The number of benzene rings is 2. The van der Waals surface area contributed by atoms with Crippen LogP contribution in [-0.4, -0.2) is 32.9 Å². The second kappa shape index (κ2) is 18.2. The van der Waals surface area contributed by atoms with Gasteiger partial charge in [-0.3, -0.25) is 9.59 Å². The van der Waals surface area contributed by atoms with Gasteiger partial charge in [-0.25, -0.2) is 13.5 Å². The quantitative estimate of drug-likeness (QED) is 0.133. The number of carbonyl (C=O) groups excluding carboxylic acids is 2. The highest BCUT2D eigenvalue weighted by Gasteiger charge is 2.18. The molecular weight excluding hydrogens is 512 g/mol. The Bertz CT molecular complexity index is 1200. The number of halogens is 2. The number of rotatable bonds is 11. The number of Topliss-reactive ketones (excluding diaryl/α,β-unsaturated/α-hetero) is 1. The first-order valence-electron chi connectivity index (χ1n) is 14.5. The molecule has 0 unspecified atom stereocenters. The summed E-state index contributed by atoms with van der Waals surface area (Å²) >= 11 is 0. The summed E-state index contributed by atoms with van der Waals surface area (Å²) in [6, 6.07) is 7.59. The normalized spacial score (nSPS) is 10.7. The Kier molecular flexibility index (Phi) is 15.9. The average Bonchev–Trinajstić information content (AvgIpc) is 3.31. The van der Waals surface area contributed by atoms with Crippen LogP contribution in [0.3, 0.4) is 0 Å². The van der Waals surface area contributed by atoms with E-state index < -0.39 is 17.4 Å². The lowest BCUT2D eigenvalue weighted by Crippen LogP contribution is -2.10. The van der Waals surface area contributed by atoms with Crippen molar-refractivity contribution in [1.29, 1.82) is 0 Å². The second-order valence-electron chi connectivity index (χ2n) is 10.2. The zero-order valence-electron chi connectivity index (χ0n) is 25.5. The Labute approximate surface area is 238 Å². The maximum atomic E-state index is 14.5. The highest BCUT2D eigenvalue weighted by Crippen LogP contribution is 2.30. The van der Waals surface area contributed by atoms with Crippen molar-refractivity contribution < 1.29 is 23.1 Å². The summed E-state index contributed by atoms with van der Waals surface area (Å²) in [5.41, 5.74) is 1.88. The van der Waals surface area contributed by atoms with Gasteiger partial charge < -0.3 is 4.74 Å². The molecule has 0 aliphatic heterocycles. The lowest BCUT2D eigenvalue weighted by Gasteiger charge is -2.16.